The molecule has 0 aliphatic heterocycles. The second-order valence-electron chi connectivity index (χ2n) is 13.6. The van der Waals surface area contributed by atoms with Crippen LogP contribution in [0.15, 0.2) is 174 Å². The molecule has 0 saturated carbocycles. The van der Waals surface area contributed by atoms with Crippen molar-refractivity contribution in [3.05, 3.63) is 186 Å². The van der Waals surface area contributed by atoms with Crippen LogP contribution in [0.3, 0.4) is 0 Å². The number of fused-ring (bicyclic) bond motifs is 13. The number of allylic oxidation sites excluding steroid dienone is 5. The number of furan rings is 1. The molecule has 0 bridgehead atoms. The number of aromatic nitrogens is 1. The quantitative estimate of drug-likeness (QED) is 0.188. The van der Waals surface area contributed by atoms with E-state index in [4.69, 9.17) is 4.42 Å². The van der Waals surface area contributed by atoms with Crippen molar-refractivity contribution in [3.63, 3.8) is 0 Å². The molecule has 0 saturated heterocycles. The molecule has 2 heterocycles. The smallest absolute Gasteiger partial charge is 0.135 e. The van der Waals surface area contributed by atoms with Crippen LogP contribution in [0.2, 0.25) is 0 Å². The van der Waals surface area contributed by atoms with E-state index in [2.05, 4.69) is 168 Å². The van der Waals surface area contributed by atoms with Gasteiger partial charge < -0.3 is 8.98 Å². The van der Waals surface area contributed by atoms with Crippen LogP contribution < -0.4 is 0 Å². The number of hydrogen-bond donors (Lipinski definition) is 0. The van der Waals surface area contributed by atoms with Crippen molar-refractivity contribution in [1.29, 1.82) is 0 Å². The summed E-state index contributed by atoms with van der Waals surface area (Å²) in [4.78, 5) is 0. The Morgan fingerprint density at radius 2 is 1.24 bits per heavy atom. The van der Waals surface area contributed by atoms with Gasteiger partial charge in [-0.2, -0.15) is 0 Å². The summed E-state index contributed by atoms with van der Waals surface area (Å²) in [5.74, 6) is 0.235. The molecule has 1 atom stereocenters. The van der Waals surface area contributed by atoms with Crippen molar-refractivity contribution in [2.75, 3.05) is 0 Å². The second-order valence-corrected chi connectivity index (χ2v) is 13.6. The van der Waals surface area contributed by atoms with E-state index >= 15 is 0 Å². The van der Waals surface area contributed by atoms with E-state index in [0.29, 0.717) is 0 Å². The summed E-state index contributed by atoms with van der Waals surface area (Å²) in [5, 5.41) is 7.55. The van der Waals surface area contributed by atoms with Gasteiger partial charge in [0.25, 0.3) is 0 Å². The topological polar surface area (TPSA) is 18.1 Å². The minimum atomic E-state index is 0.235. The molecule has 50 heavy (non-hydrogen) atoms. The van der Waals surface area contributed by atoms with Gasteiger partial charge in [-0.05, 0) is 93.2 Å². The van der Waals surface area contributed by atoms with Crippen molar-refractivity contribution in [2.24, 2.45) is 0 Å². The van der Waals surface area contributed by atoms with Crippen LogP contribution in [0.1, 0.15) is 29.0 Å². The fourth-order valence-electron chi connectivity index (χ4n) is 8.74. The summed E-state index contributed by atoms with van der Waals surface area (Å²) in [6, 6.07) is 52.8. The molecule has 2 aromatic heterocycles. The van der Waals surface area contributed by atoms with Crippen LogP contribution in [0.5, 0.6) is 0 Å². The van der Waals surface area contributed by atoms with Crippen molar-refractivity contribution >= 4 is 66.2 Å². The van der Waals surface area contributed by atoms with Gasteiger partial charge in [0.05, 0.1) is 11.0 Å². The molecule has 0 radical (unpaired) electrons. The minimum absolute atomic E-state index is 0.235. The SMILES string of the molecule is C1=CCC2C(=C1)C(c1ccc3oc4ccccc4c3c1)=Cc1c2c2c3ccccc3n(-c3ccc(-c4ccccc4)cc3)c2c2ccccc12. The standard InChI is InChI=1S/C48H31NO/c1-2-12-30(13-3-1)31-22-25-33(26-23-31)49-43-20-10-8-19-39(43)47-46-37-17-6-4-14-34(37)40(29-42(46)35-15-5-7-18-38(35)48(47)49)32-24-27-45-41(28-32)36-16-9-11-21-44(36)50-45/h1-16,18-29,37H,17H2. The highest BCUT2D eigenvalue weighted by molar-refractivity contribution is 6.24. The van der Waals surface area contributed by atoms with Crippen LogP contribution >= 0.6 is 0 Å². The number of rotatable bonds is 3. The van der Waals surface area contributed by atoms with Crippen LogP contribution in [-0.2, 0) is 0 Å². The zero-order valence-electron chi connectivity index (χ0n) is 27.3. The summed E-state index contributed by atoms with van der Waals surface area (Å²) in [7, 11) is 0. The van der Waals surface area contributed by atoms with Crippen LogP contribution in [-0.4, -0.2) is 4.57 Å². The fraction of sp³-hybridized carbons (Fsp3) is 0.0417. The van der Waals surface area contributed by atoms with Crippen LogP contribution in [0.25, 0.3) is 83.0 Å². The first-order chi connectivity index (χ1) is 24.8. The Balaban J connectivity index is 1.21. The van der Waals surface area contributed by atoms with Gasteiger partial charge >= 0.3 is 0 Å². The van der Waals surface area contributed by atoms with Crippen molar-refractivity contribution in [1.82, 2.24) is 4.57 Å². The van der Waals surface area contributed by atoms with E-state index in [1.165, 1.54) is 77.2 Å². The second kappa shape index (κ2) is 10.6. The van der Waals surface area contributed by atoms with E-state index in [1.807, 2.05) is 6.07 Å². The maximum Gasteiger partial charge on any atom is 0.135 e. The number of benzene rings is 7. The largest absolute Gasteiger partial charge is 0.456 e. The van der Waals surface area contributed by atoms with E-state index < -0.39 is 0 Å². The summed E-state index contributed by atoms with van der Waals surface area (Å²) >= 11 is 0. The van der Waals surface area contributed by atoms with Crippen molar-refractivity contribution in [2.45, 2.75) is 12.3 Å². The van der Waals surface area contributed by atoms with Gasteiger partial charge in [0.2, 0.25) is 0 Å². The molecule has 9 aromatic rings. The van der Waals surface area contributed by atoms with Gasteiger partial charge in [-0.1, -0.05) is 127 Å². The Kier molecular flexibility index (Phi) is 5.82. The highest BCUT2D eigenvalue weighted by Crippen LogP contribution is 2.53. The molecule has 2 aliphatic carbocycles. The Labute approximate surface area is 289 Å². The van der Waals surface area contributed by atoms with E-state index in [9.17, 15) is 0 Å². The Morgan fingerprint density at radius 3 is 2.10 bits per heavy atom. The zero-order chi connectivity index (χ0) is 32.8. The van der Waals surface area contributed by atoms with Gasteiger partial charge in [0.1, 0.15) is 11.2 Å². The van der Waals surface area contributed by atoms with E-state index in [0.717, 1.165) is 28.4 Å². The predicted octanol–water partition coefficient (Wildman–Crippen LogP) is 13.0. The third kappa shape index (κ3) is 3.90. The monoisotopic (exact) mass is 637 g/mol. The van der Waals surface area contributed by atoms with Gasteiger partial charge in [0.15, 0.2) is 0 Å². The Morgan fingerprint density at radius 1 is 0.560 bits per heavy atom. The fourth-order valence-corrected chi connectivity index (χ4v) is 8.74. The first-order valence-corrected chi connectivity index (χ1v) is 17.5. The summed E-state index contributed by atoms with van der Waals surface area (Å²) in [6.07, 6.45) is 10.4. The number of hydrogen-bond acceptors (Lipinski definition) is 1. The molecule has 0 amide bonds. The third-order valence-electron chi connectivity index (χ3n) is 10.9. The predicted molar refractivity (Wildman–Crippen MR) is 210 cm³/mol. The van der Waals surface area contributed by atoms with E-state index in [1.54, 1.807) is 0 Å². The van der Waals surface area contributed by atoms with Crippen LogP contribution in [0.4, 0.5) is 0 Å². The minimum Gasteiger partial charge on any atom is -0.456 e. The third-order valence-corrected chi connectivity index (χ3v) is 10.9. The molecule has 2 heteroatoms. The summed E-state index contributed by atoms with van der Waals surface area (Å²) < 4.78 is 8.73. The van der Waals surface area contributed by atoms with Crippen molar-refractivity contribution in [3.8, 4) is 16.8 Å². The Bertz CT molecular complexity index is 2930. The zero-order valence-corrected chi connectivity index (χ0v) is 27.3. The molecule has 234 valence electrons. The summed E-state index contributed by atoms with van der Waals surface area (Å²) in [5.41, 5.74) is 14.7. The van der Waals surface area contributed by atoms with E-state index in [-0.39, 0.29) is 5.92 Å². The molecule has 0 spiro atoms. The Hall–Kier alpha value is -6.38. The van der Waals surface area contributed by atoms with Crippen LogP contribution in [0, 0.1) is 0 Å². The highest BCUT2D eigenvalue weighted by atomic mass is 16.3. The highest BCUT2D eigenvalue weighted by Gasteiger charge is 2.33. The average Bonchev–Trinajstić information content (AvgIpc) is 3.74. The lowest BCUT2D eigenvalue weighted by molar-refractivity contribution is 0.669. The molecule has 1 unspecified atom stereocenters. The lowest BCUT2D eigenvalue weighted by Crippen LogP contribution is -2.13. The molecule has 0 N–H and O–H groups in total. The molecular weight excluding hydrogens is 607 g/mol. The number of para-hydroxylation sites is 2. The maximum absolute atomic E-state index is 6.22. The molecule has 7 aromatic carbocycles. The van der Waals surface area contributed by atoms with Gasteiger partial charge in [-0.15, -0.1) is 0 Å². The van der Waals surface area contributed by atoms with Gasteiger partial charge in [0, 0.05) is 38.5 Å². The molecule has 2 aliphatic rings. The lowest BCUT2D eigenvalue weighted by Gasteiger charge is -2.32. The first-order valence-electron chi connectivity index (χ1n) is 17.5. The van der Waals surface area contributed by atoms with Crippen molar-refractivity contribution < 1.29 is 4.42 Å². The molecule has 0 fully saturated rings. The average molecular weight is 638 g/mol. The maximum atomic E-state index is 6.22. The van der Waals surface area contributed by atoms with Gasteiger partial charge in [-0.3, -0.25) is 0 Å². The molecule has 2 nitrogen and oxygen atoms in total. The van der Waals surface area contributed by atoms with Gasteiger partial charge in [-0.25, -0.2) is 0 Å². The lowest BCUT2D eigenvalue weighted by atomic mass is 9.71. The normalized spacial score (nSPS) is 15.5. The first kappa shape index (κ1) is 27.6. The summed E-state index contributed by atoms with van der Waals surface area (Å²) in [6.45, 7) is 0. The molecular formula is C48H31NO. The number of nitrogens with zero attached hydrogens (tertiary/aromatic N) is 1. The molecule has 11 rings (SSSR count).